The molecular weight excluding hydrogens is 2320 g/mol. The van der Waals surface area contributed by atoms with E-state index in [1.165, 1.54) is 16.7 Å². The number of rotatable bonds is 56. The zero-order valence-electron chi connectivity index (χ0n) is 80.6. The van der Waals surface area contributed by atoms with Crippen LogP contribution in [0.5, 0.6) is 23.0 Å². The van der Waals surface area contributed by atoms with E-state index >= 15 is 0 Å². The molecule has 0 aliphatic heterocycles. The number of aryl methyl sites for hydroxylation is 8. The molecule has 35 heteroatoms. The summed E-state index contributed by atoms with van der Waals surface area (Å²) in [6.45, 7) is 28.7. The van der Waals surface area contributed by atoms with E-state index in [0.717, 1.165) is 83.1 Å². The summed E-state index contributed by atoms with van der Waals surface area (Å²) in [6.07, 6.45) is 0. The number of aromatic carboxylic acids is 3. The SMILES string of the molecule is COCCOCCOCCOc1[c-]cc(-c2cc(C)cc3c(-c4ccc(OCCOCCOCCOC)c(C(=O)[O-])c4)cc(C)cc23)cc1.COCCOCCOCCOc1[c-]cc(-c2cc(C)ccc2C)cc1.COCCOCCOCCOc1cc(C)cc2c(C(=O)[O-])cc(C)cc12.Cc1cc(C(=O)[O-])c(C)cc1COCCOCCOCCO.O=C[O-].O=C[O-].[Cs+].[Cs+].[Cs+].[Cs+].[Cs+]. The second kappa shape index (κ2) is 85.0. The van der Waals surface area contributed by atoms with E-state index in [-0.39, 0.29) is 387 Å². The summed E-state index contributed by atoms with van der Waals surface area (Å²) in [7, 11) is 6.54. The molecule has 0 spiro atoms. The van der Waals surface area contributed by atoms with E-state index < -0.39 is 30.9 Å². The maximum absolute atomic E-state index is 12.2. The number of aliphatic hydroxyl groups is 1. The van der Waals surface area contributed by atoms with Crippen LogP contribution >= 0.6 is 0 Å². The largest absolute Gasteiger partial charge is 1.00 e. The molecule has 0 aliphatic carbocycles. The molecule has 0 radical (unpaired) electrons. The Balaban J connectivity index is 0. The Hall–Kier alpha value is -0.330. The van der Waals surface area contributed by atoms with Gasteiger partial charge in [-0.05, 0) is 152 Å². The van der Waals surface area contributed by atoms with Gasteiger partial charge in [0.1, 0.15) is 37.9 Å². The van der Waals surface area contributed by atoms with Crippen molar-refractivity contribution in [2.45, 2.75) is 62.0 Å². The molecule has 0 heterocycles. The summed E-state index contributed by atoms with van der Waals surface area (Å²) in [5, 5.41) is 63.0. The zero-order valence-corrected chi connectivity index (χ0v) is 112. The number of carboxylic acid groups (broad SMARTS) is 5. The van der Waals surface area contributed by atoms with Gasteiger partial charge in [0.2, 0.25) is 0 Å². The van der Waals surface area contributed by atoms with Gasteiger partial charge in [0.15, 0.2) is 0 Å². The van der Waals surface area contributed by atoms with Crippen LogP contribution in [0.15, 0.2) is 133 Å². The molecule has 0 fully saturated rings. The Kier molecular flexibility index (Phi) is 86.1. The molecule has 133 heavy (non-hydrogen) atoms. The van der Waals surface area contributed by atoms with Gasteiger partial charge < -0.3 is 145 Å². The molecule has 9 aromatic carbocycles. The van der Waals surface area contributed by atoms with E-state index in [1.807, 2.05) is 95.3 Å². The quantitative estimate of drug-likeness (QED) is 0.0210. The van der Waals surface area contributed by atoms with E-state index in [9.17, 15) is 29.7 Å². The van der Waals surface area contributed by atoms with Crippen molar-refractivity contribution in [1.82, 2.24) is 0 Å². The molecule has 9 rings (SSSR count). The molecular formula is C98H123Cs5O30-2. The maximum Gasteiger partial charge on any atom is 1.00 e. The minimum absolute atomic E-state index is 0. The number of fused-ring (bicyclic) bond motifs is 2. The summed E-state index contributed by atoms with van der Waals surface area (Å²) in [5.41, 5.74) is 15.3. The van der Waals surface area contributed by atoms with Crippen molar-refractivity contribution < 1.29 is 489 Å². The van der Waals surface area contributed by atoms with Gasteiger partial charge in [-0.2, -0.15) is 24.3 Å². The minimum Gasteiger partial charge on any atom is -0.554 e. The van der Waals surface area contributed by atoms with E-state index in [2.05, 4.69) is 74.5 Å². The number of hydrogen-bond acceptors (Lipinski definition) is 30. The van der Waals surface area contributed by atoms with E-state index in [1.54, 1.807) is 59.6 Å². The number of hydrogen-bond donors (Lipinski definition) is 1. The number of methoxy groups -OCH3 is 4. The molecule has 0 atom stereocenters. The van der Waals surface area contributed by atoms with Crippen LogP contribution < -0.4 is 389 Å². The van der Waals surface area contributed by atoms with Gasteiger partial charge in [-0.25, -0.2) is 0 Å². The van der Waals surface area contributed by atoms with Crippen molar-refractivity contribution in [2.75, 3.05) is 227 Å². The predicted octanol–water partition coefficient (Wildman–Crippen LogP) is -7.26. The third kappa shape index (κ3) is 57.2. The Morgan fingerprint density at radius 1 is 0.301 bits per heavy atom. The average Bonchev–Trinajstić information content (AvgIpc) is 0.759. The Labute approximate surface area is 1080 Å². The van der Waals surface area contributed by atoms with Crippen molar-refractivity contribution in [3.63, 3.8) is 0 Å². The second-order valence-corrected chi connectivity index (χ2v) is 28.2. The smallest absolute Gasteiger partial charge is 0.554 e. The first kappa shape index (κ1) is 135. The van der Waals surface area contributed by atoms with Crippen LogP contribution in [0.4, 0.5) is 0 Å². The maximum atomic E-state index is 12.2. The van der Waals surface area contributed by atoms with Crippen molar-refractivity contribution >= 4 is 52.4 Å². The van der Waals surface area contributed by atoms with Crippen LogP contribution in [0, 0.1) is 67.5 Å². The van der Waals surface area contributed by atoms with Gasteiger partial charge in [0.25, 0.3) is 0 Å². The fourth-order valence-electron chi connectivity index (χ4n) is 12.2. The molecule has 0 bridgehead atoms. The fraction of sp³-hybridized carbons (Fsp3) is 0.439. The molecule has 0 saturated carbocycles. The number of carbonyl (C=O) groups is 5. The number of benzene rings is 9. The van der Waals surface area contributed by atoms with Crippen molar-refractivity contribution in [3.8, 4) is 56.4 Å². The third-order valence-corrected chi connectivity index (χ3v) is 18.3. The summed E-state index contributed by atoms with van der Waals surface area (Å²) >= 11 is 0. The predicted molar refractivity (Wildman–Crippen MR) is 472 cm³/mol. The normalized spacial score (nSPS) is 10.3. The van der Waals surface area contributed by atoms with Gasteiger partial charge in [0.05, 0.1) is 196 Å². The van der Waals surface area contributed by atoms with Crippen molar-refractivity contribution in [2.24, 2.45) is 0 Å². The monoisotopic (exact) mass is 2440 g/mol. The van der Waals surface area contributed by atoms with Gasteiger partial charge in [-0.3, -0.25) is 0 Å². The molecule has 0 aromatic heterocycles. The van der Waals surface area contributed by atoms with Crippen molar-refractivity contribution in [1.29, 1.82) is 0 Å². The Morgan fingerprint density at radius 3 is 1.05 bits per heavy atom. The van der Waals surface area contributed by atoms with E-state index in [0.29, 0.717) is 207 Å². The molecule has 702 valence electrons. The molecule has 1 N–H and O–H groups in total. The van der Waals surface area contributed by atoms with Gasteiger partial charge in [0, 0.05) is 75.0 Å². The average molecular weight is 2450 g/mol. The molecule has 0 aliphatic rings. The number of carboxylic acids is 3. The first-order valence-corrected chi connectivity index (χ1v) is 41.7. The third-order valence-electron chi connectivity index (χ3n) is 18.3. The van der Waals surface area contributed by atoms with Crippen LogP contribution in [0.3, 0.4) is 0 Å². The molecule has 9 aromatic rings. The first-order chi connectivity index (χ1) is 62.0. The van der Waals surface area contributed by atoms with Gasteiger partial charge in [-0.15, -0.1) is 35.4 Å². The zero-order chi connectivity index (χ0) is 93.5. The van der Waals surface area contributed by atoms with Gasteiger partial charge in [-0.1, -0.05) is 88.5 Å². The molecule has 0 unspecified atom stereocenters. The van der Waals surface area contributed by atoms with E-state index in [4.69, 9.17) is 115 Å². The molecule has 30 nitrogen and oxygen atoms in total. The topological polar surface area (TPSA) is 396 Å². The van der Waals surface area contributed by atoms with Crippen LogP contribution in [0.1, 0.15) is 81.1 Å². The summed E-state index contributed by atoms with van der Waals surface area (Å²) in [5.74, 6) is -1.42. The van der Waals surface area contributed by atoms with Crippen LogP contribution in [0.25, 0.3) is 54.9 Å². The summed E-state index contributed by atoms with van der Waals surface area (Å²) in [4.78, 5) is 51.0. The summed E-state index contributed by atoms with van der Waals surface area (Å²) < 4.78 is 102. The number of carbonyl (C=O) groups excluding carboxylic acids is 5. The Morgan fingerprint density at radius 2 is 0.639 bits per heavy atom. The molecule has 0 amide bonds. The first-order valence-electron chi connectivity index (χ1n) is 41.7. The number of ether oxygens (including phenoxy) is 19. The molecule has 0 saturated heterocycles. The van der Waals surface area contributed by atoms with Crippen molar-refractivity contribution in [3.05, 3.63) is 212 Å². The number of aliphatic hydroxyl groups excluding tert-OH is 1. The van der Waals surface area contributed by atoms with Crippen LogP contribution in [-0.4, -0.2) is 263 Å². The summed E-state index contributed by atoms with van der Waals surface area (Å²) in [6, 6.07) is 49.1. The minimum atomic E-state index is -1.31. The Bertz CT molecular complexity index is 4660. The fourth-order valence-corrected chi connectivity index (χ4v) is 12.2. The second-order valence-electron chi connectivity index (χ2n) is 28.2. The van der Waals surface area contributed by atoms with Gasteiger partial charge >= 0.3 is 344 Å². The van der Waals surface area contributed by atoms with Crippen LogP contribution in [-0.2, 0) is 87.2 Å². The van der Waals surface area contributed by atoms with Crippen LogP contribution in [0.2, 0.25) is 0 Å². The standard InChI is InChI=1S/C39H47O10.C21H27O4.C20H26O6.C16H24O6.2CH2O2.5Cs/c1-28-23-33(30-5-8-32(9-6-30)48-21-19-46-17-15-44-13-11-42-3)35-25-29(2)24-34(36(35)26-28)31-7-10-38(37(27-31)39(40)41)49-22-20-47-18-16-45-14-12-43-4;1-17-4-5-18(2)21(16-17)19-6-8-20(9-7-19)25-15-14-24-13-12-23-11-10-22-3;1-14-11-17-16(18(12-14)20(21)22)10-15(2)13-19(17)26-9-8-25-7-6-24-5-4-23-3;1-12-10-15(16(18)19)13(2)9-14(12)11-22-8-7-21-6-5-20-4-3-17;2*2-1-3;;;;;/h5-8,10,23-27H,11-22H2,1-4H3,(H,40,41);4-8,16H,10-15H2,1-3H3;10-13H,4-9H2,1-3H3,(H,21,22);9-10,17H,3-8,11H2,1-2H3,(H,18,19);2*1H,(H,2,3);;;;;/q2*-1;;;;;5*+1/p-5.